The molecule has 2 atom stereocenters. The summed E-state index contributed by atoms with van der Waals surface area (Å²) in [6.07, 6.45) is -7.50. The SMILES string of the molecule is FC(F)(F)c1cccc(-c2ccc3c(n2)N[C@H]2CCN3C2)c1.O=C(Oc1ccccc1)N1c2nc(-c3cccc(C(F)(F)F)c3)ccc2N2CC[C@H]1C2. The van der Waals surface area contributed by atoms with Gasteiger partial charge in [-0.15, -0.1) is 0 Å². The summed E-state index contributed by atoms with van der Waals surface area (Å²) in [6.45, 7) is 3.41. The average molecular weight is 731 g/mol. The Morgan fingerprint density at radius 2 is 1.28 bits per heavy atom. The van der Waals surface area contributed by atoms with Crippen molar-refractivity contribution in [2.45, 2.75) is 37.3 Å². The molecule has 4 aliphatic rings. The number of para-hydroxylation sites is 1. The van der Waals surface area contributed by atoms with Gasteiger partial charge in [-0.3, -0.25) is 4.90 Å². The van der Waals surface area contributed by atoms with Crippen LogP contribution in [0.2, 0.25) is 0 Å². The number of ether oxygens (including phenoxy) is 1. The van der Waals surface area contributed by atoms with Gasteiger partial charge in [0.25, 0.3) is 0 Å². The lowest BCUT2D eigenvalue weighted by molar-refractivity contribution is -0.138. The normalized spacial score (nSPS) is 18.4. The third-order valence-corrected chi connectivity index (χ3v) is 9.81. The Morgan fingerprint density at radius 3 is 1.94 bits per heavy atom. The lowest BCUT2D eigenvalue weighted by Crippen LogP contribution is -2.47. The van der Waals surface area contributed by atoms with Crippen molar-refractivity contribution in [3.63, 3.8) is 0 Å². The van der Waals surface area contributed by atoms with Gasteiger partial charge in [-0.05, 0) is 73.5 Å². The minimum Gasteiger partial charge on any atom is -0.410 e. The van der Waals surface area contributed by atoms with E-state index in [2.05, 4.69) is 25.1 Å². The number of benzene rings is 3. The Labute approximate surface area is 300 Å². The van der Waals surface area contributed by atoms with Crippen LogP contribution in [0.25, 0.3) is 22.5 Å². The second-order valence-electron chi connectivity index (χ2n) is 13.3. The second kappa shape index (κ2) is 13.3. The molecule has 2 saturated heterocycles. The maximum Gasteiger partial charge on any atom is 0.421 e. The van der Waals surface area contributed by atoms with Gasteiger partial charge in [0.2, 0.25) is 0 Å². The van der Waals surface area contributed by atoms with E-state index in [9.17, 15) is 31.1 Å². The van der Waals surface area contributed by atoms with E-state index < -0.39 is 29.6 Å². The van der Waals surface area contributed by atoms with Gasteiger partial charge in [0.05, 0.1) is 39.9 Å². The van der Waals surface area contributed by atoms with Crippen molar-refractivity contribution < 1.29 is 35.9 Å². The third kappa shape index (κ3) is 6.92. The van der Waals surface area contributed by atoms with E-state index in [1.54, 1.807) is 48.5 Å². The summed E-state index contributed by atoms with van der Waals surface area (Å²) in [5.74, 6) is 1.59. The summed E-state index contributed by atoms with van der Waals surface area (Å²) >= 11 is 0. The van der Waals surface area contributed by atoms with E-state index in [1.807, 2.05) is 18.2 Å². The van der Waals surface area contributed by atoms with Crippen LogP contribution in [0.1, 0.15) is 24.0 Å². The molecule has 53 heavy (non-hydrogen) atoms. The van der Waals surface area contributed by atoms with Crippen molar-refractivity contribution in [3.8, 4) is 28.3 Å². The number of aromatic nitrogens is 2. The molecule has 1 amide bonds. The smallest absolute Gasteiger partial charge is 0.410 e. The van der Waals surface area contributed by atoms with Crippen LogP contribution in [0.3, 0.4) is 0 Å². The molecule has 6 heterocycles. The third-order valence-electron chi connectivity index (χ3n) is 9.81. The first-order valence-electron chi connectivity index (χ1n) is 17.1. The highest BCUT2D eigenvalue weighted by atomic mass is 19.4. The molecule has 0 saturated carbocycles. The molecule has 5 aromatic rings. The molecule has 14 heteroatoms. The molecule has 2 fully saturated rings. The van der Waals surface area contributed by atoms with Crippen LogP contribution in [0.15, 0.2) is 103 Å². The number of pyridine rings is 2. The Balaban J connectivity index is 0.000000160. The van der Waals surface area contributed by atoms with E-state index in [0.29, 0.717) is 46.7 Å². The summed E-state index contributed by atoms with van der Waals surface area (Å²) in [6, 6.07) is 26.6. The number of hydrogen-bond donors (Lipinski definition) is 1. The molecule has 4 aliphatic heterocycles. The van der Waals surface area contributed by atoms with Crippen LogP contribution in [0.4, 0.5) is 54.1 Å². The minimum absolute atomic E-state index is 0.104. The fourth-order valence-corrected chi connectivity index (χ4v) is 7.22. The maximum atomic E-state index is 13.1. The molecule has 3 aromatic carbocycles. The Bertz CT molecular complexity index is 2160. The number of alkyl halides is 6. The topological polar surface area (TPSA) is 73.8 Å². The molecule has 1 N–H and O–H groups in total. The van der Waals surface area contributed by atoms with Gasteiger partial charge in [-0.25, -0.2) is 14.8 Å². The van der Waals surface area contributed by atoms with Gasteiger partial charge in [0, 0.05) is 43.3 Å². The molecule has 4 bridgehead atoms. The van der Waals surface area contributed by atoms with Crippen molar-refractivity contribution in [2.24, 2.45) is 0 Å². The van der Waals surface area contributed by atoms with Crippen molar-refractivity contribution in [3.05, 3.63) is 114 Å². The molecular formula is C39H32F6N6O2. The largest absolute Gasteiger partial charge is 0.421 e. The molecule has 2 aromatic heterocycles. The summed E-state index contributed by atoms with van der Waals surface area (Å²) in [7, 11) is 0. The van der Waals surface area contributed by atoms with Gasteiger partial charge < -0.3 is 19.9 Å². The van der Waals surface area contributed by atoms with Gasteiger partial charge in [0.1, 0.15) is 5.75 Å². The number of carbonyl (C=O) groups is 1. The predicted molar refractivity (Wildman–Crippen MR) is 189 cm³/mol. The van der Waals surface area contributed by atoms with E-state index in [0.717, 1.165) is 73.9 Å². The second-order valence-corrected chi connectivity index (χ2v) is 13.3. The summed E-state index contributed by atoms with van der Waals surface area (Å²) in [5, 5.41) is 3.37. The first kappa shape index (κ1) is 34.3. The van der Waals surface area contributed by atoms with E-state index in [4.69, 9.17) is 4.74 Å². The molecular weight excluding hydrogens is 698 g/mol. The fraction of sp³-hybridized carbons (Fsp3) is 0.256. The maximum absolute atomic E-state index is 13.1. The first-order valence-corrected chi connectivity index (χ1v) is 17.1. The van der Waals surface area contributed by atoms with Gasteiger partial charge >= 0.3 is 18.4 Å². The molecule has 0 aliphatic carbocycles. The standard InChI is InChI=1S/C23H18F3N3O2.C16H14F3N3/c24-23(25,26)16-6-4-5-15(13-16)19-9-10-20-21(27-19)29(17-11-12-28(20)14-17)22(30)31-18-7-2-1-3-8-18;17-16(18,19)11-3-1-2-10(8-11)13-4-5-14-15(21-13)20-12-6-7-22(14)9-12/h1-10,13,17H,11-12,14H2;1-5,8,12H,6-7,9H2,(H,20,21)/t17-;12-/m00/s1. The molecule has 0 spiro atoms. The number of fused-ring (bicyclic) bond motifs is 8. The number of carbonyl (C=O) groups excluding carboxylic acids is 1. The highest BCUT2D eigenvalue weighted by Gasteiger charge is 2.41. The zero-order chi connectivity index (χ0) is 36.9. The fourth-order valence-electron chi connectivity index (χ4n) is 7.22. The van der Waals surface area contributed by atoms with E-state index >= 15 is 0 Å². The predicted octanol–water partition coefficient (Wildman–Crippen LogP) is 9.14. The molecule has 9 rings (SSSR count). The molecule has 0 unspecified atom stereocenters. The van der Waals surface area contributed by atoms with Crippen molar-refractivity contribution >= 4 is 29.1 Å². The first-order chi connectivity index (χ1) is 25.4. The number of nitrogens with zero attached hydrogens (tertiary/aromatic N) is 5. The minimum atomic E-state index is -4.44. The lowest BCUT2D eigenvalue weighted by atomic mass is 10.1. The summed E-state index contributed by atoms with van der Waals surface area (Å²) in [5.41, 5.74) is 2.15. The number of hydrogen-bond acceptors (Lipinski definition) is 7. The van der Waals surface area contributed by atoms with Crippen LogP contribution in [0.5, 0.6) is 5.75 Å². The number of anilines is 4. The van der Waals surface area contributed by atoms with Crippen molar-refractivity contribution in [2.75, 3.05) is 46.2 Å². The monoisotopic (exact) mass is 730 g/mol. The Hall–Kier alpha value is -5.79. The average Bonchev–Trinajstić information content (AvgIpc) is 3.75. The number of amides is 1. The number of rotatable bonds is 3. The Kier molecular flexibility index (Phi) is 8.62. The molecule has 8 nitrogen and oxygen atoms in total. The number of nitrogens with one attached hydrogen (secondary N) is 1. The molecule has 0 radical (unpaired) electrons. The highest BCUT2D eigenvalue weighted by Crippen LogP contribution is 2.42. The highest BCUT2D eigenvalue weighted by molar-refractivity contribution is 5.95. The number of halogens is 6. The zero-order valence-electron chi connectivity index (χ0n) is 28.0. The van der Waals surface area contributed by atoms with Crippen LogP contribution in [0, 0.1) is 0 Å². The molecule has 272 valence electrons. The van der Waals surface area contributed by atoms with E-state index in [1.165, 1.54) is 17.0 Å². The van der Waals surface area contributed by atoms with Gasteiger partial charge in [-0.1, -0.05) is 42.5 Å². The zero-order valence-corrected chi connectivity index (χ0v) is 28.0. The van der Waals surface area contributed by atoms with Crippen LogP contribution < -0.4 is 24.8 Å². The quantitative estimate of drug-likeness (QED) is 0.186. The Morgan fingerprint density at radius 1 is 0.679 bits per heavy atom. The summed E-state index contributed by atoms with van der Waals surface area (Å²) in [4.78, 5) is 28.1. The van der Waals surface area contributed by atoms with Crippen LogP contribution in [-0.4, -0.2) is 54.3 Å². The lowest BCUT2D eigenvalue weighted by Gasteiger charge is -2.35. The van der Waals surface area contributed by atoms with E-state index in [-0.39, 0.29) is 6.04 Å². The van der Waals surface area contributed by atoms with Gasteiger partial charge in [-0.2, -0.15) is 26.3 Å². The van der Waals surface area contributed by atoms with Crippen molar-refractivity contribution in [1.82, 2.24) is 9.97 Å². The van der Waals surface area contributed by atoms with Gasteiger partial charge in [0.15, 0.2) is 11.6 Å². The summed E-state index contributed by atoms with van der Waals surface area (Å²) < 4.78 is 83.5. The van der Waals surface area contributed by atoms with Crippen LogP contribution in [-0.2, 0) is 12.4 Å². The van der Waals surface area contributed by atoms with Crippen LogP contribution >= 0.6 is 0 Å². The van der Waals surface area contributed by atoms with Crippen molar-refractivity contribution in [1.29, 1.82) is 0 Å².